The first-order valence-corrected chi connectivity index (χ1v) is 6.37. The number of hydrogen-bond donors (Lipinski definition) is 1. The van der Waals surface area contributed by atoms with Crippen molar-refractivity contribution in [1.82, 2.24) is 0 Å². The monoisotopic (exact) mass is 235 g/mol. The van der Waals surface area contributed by atoms with Gasteiger partial charge in [0.15, 0.2) is 0 Å². The molecule has 1 aromatic carbocycles. The highest BCUT2D eigenvalue weighted by atomic mass is 19.1. The summed E-state index contributed by atoms with van der Waals surface area (Å²) >= 11 is 0. The second kappa shape index (κ2) is 4.09. The molecule has 94 valence electrons. The van der Waals surface area contributed by atoms with Gasteiger partial charge in [-0.15, -0.1) is 0 Å². The maximum Gasteiger partial charge on any atom is 0.109 e. The van der Waals surface area contributed by atoms with Gasteiger partial charge in [0.2, 0.25) is 0 Å². The molecule has 2 heteroatoms. The summed E-state index contributed by atoms with van der Waals surface area (Å²) in [5, 5.41) is 0. The first-order valence-electron chi connectivity index (χ1n) is 6.37. The van der Waals surface area contributed by atoms with Crippen LogP contribution < -0.4 is 5.73 Å². The predicted octanol–water partition coefficient (Wildman–Crippen LogP) is 3.36. The fraction of sp³-hybridized carbons (Fsp3) is 0.600. The van der Waals surface area contributed by atoms with E-state index in [2.05, 4.69) is 19.1 Å². The van der Waals surface area contributed by atoms with E-state index < -0.39 is 5.67 Å². The fourth-order valence-corrected chi connectivity index (χ4v) is 2.62. The van der Waals surface area contributed by atoms with Gasteiger partial charge in [0.25, 0.3) is 0 Å². The lowest BCUT2D eigenvalue weighted by Gasteiger charge is -2.22. The van der Waals surface area contributed by atoms with Crippen LogP contribution in [0.3, 0.4) is 0 Å². The molecule has 0 saturated heterocycles. The Morgan fingerprint density at radius 3 is 2.53 bits per heavy atom. The van der Waals surface area contributed by atoms with Gasteiger partial charge < -0.3 is 5.73 Å². The zero-order valence-electron chi connectivity index (χ0n) is 11.0. The van der Waals surface area contributed by atoms with Crippen LogP contribution in [-0.4, -0.2) is 11.7 Å². The maximum absolute atomic E-state index is 13.7. The Kier molecular flexibility index (Phi) is 3.03. The van der Waals surface area contributed by atoms with Crippen LogP contribution in [0, 0.1) is 0 Å². The van der Waals surface area contributed by atoms with Crippen LogP contribution in [0.5, 0.6) is 0 Å². The lowest BCUT2D eigenvalue weighted by atomic mass is 9.87. The van der Waals surface area contributed by atoms with E-state index in [1.807, 2.05) is 12.1 Å². The first-order chi connectivity index (χ1) is 7.83. The minimum absolute atomic E-state index is 0.163. The molecule has 2 rings (SSSR count). The second-order valence-electron chi connectivity index (χ2n) is 6.04. The zero-order chi connectivity index (χ0) is 12.7. The van der Waals surface area contributed by atoms with E-state index >= 15 is 0 Å². The Balaban J connectivity index is 2.24. The number of halogens is 1. The van der Waals surface area contributed by atoms with Crippen molar-refractivity contribution in [2.24, 2.45) is 5.73 Å². The molecule has 1 saturated carbocycles. The Labute approximate surface area is 103 Å². The smallest absolute Gasteiger partial charge is 0.109 e. The number of benzene rings is 1. The van der Waals surface area contributed by atoms with Crippen LogP contribution in [0.25, 0.3) is 0 Å². The number of rotatable bonds is 4. The van der Waals surface area contributed by atoms with Gasteiger partial charge in [-0.1, -0.05) is 24.3 Å². The molecule has 1 aliphatic carbocycles. The molecule has 1 nitrogen and oxygen atoms in total. The van der Waals surface area contributed by atoms with E-state index in [-0.39, 0.29) is 11.5 Å². The summed E-state index contributed by atoms with van der Waals surface area (Å²) in [6.07, 6.45) is 2.79. The van der Waals surface area contributed by atoms with Crippen LogP contribution in [0.1, 0.15) is 44.7 Å². The number of alkyl halides is 1. The van der Waals surface area contributed by atoms with Crippen molar-refractivity contribution in [3.05, 3.63) is 35.4 Å². The molecule has 1 aromatic rings. The maximum atomic E-state index is 13.7. The van der Waals surface area contributed by atoms with Gasteiger partial charge in [-0.2, -0.15) is 0 Å². The molecule has 0 aromatic heterocycles. The largest absolute Gasteiger partial charge is 0.327 e. The van der Waals surface area contributed by atoms with Crippen molar-refractivity contribution in [3.8, 4) is 0 Å². The molecule has 0 radical (unpaired) electrons. The molecule has 1 aliphatic rings. The highest BCUT2D eigenvalue weighted by Gasteiger charge is 2.47. The van der Waals surface area contributed by atoms with E-state index in [9.17, 15) is 4.39 Å². The second-order valence-corrected chi connectivity index (χ2v) is 6.04. The van der Waals surface area contributed by atoms with E-state index in [0.29, 0.717) is 6.42 Å². The summed E-state index contributed by atoms with van der Waals surface area (Å²) in [5.41, 5.74) is 7.44. The quantitative estimate of drug-likeness (QED) is 0.851. The van der Waals surface area contributed by atoms with Crippen LogP contribution in [0.15, 0.2) is 24.3 Å². The fourth-order valence-electron chi connectivity index (χ4n) is 2.62. The Bertz CT molecular complexity index is 400. The summed E-state index contributed by atoms with van der Waals surface area (Å²) in [6.45, 7) is 5.31. The molecule has 1 fully saturated rings. The van der Waals surface area contributed by atoms with E-state index in [1.54, 1.807) is 13.8 Å². The molecule has 0 aliphatic heterocycles. The molecule has 1 unspecified atom stereocenters. The first kappa shape index (κ1) is 12.6. The third-order valence-corrected chi connectivity index (χ3v) is 3.79. The van der Waals surface area contributed by atoms with Crippen LogP contribution in [-0.2, 0) is 11.8 Å². The lowest BCUT2D eigenvalue weighted by Crippen LogP contribution is -2.31. The summed E-state index contributed by atoms with van der Waals surface area (Å²) < 4.78 is 13.7. The van der Waals surface area contributed by atoms with Gasteiger partial charge >= 0.3 is 0 Å². The third kappa shape index (κ3) is 2.68. The van der Waals surface area contributed by atoms with Crippen LogP contribution in [0.4, 0.5) is 4.39 Å². The Hall–Kier alpha value is -0.890. The Morgan fingerprint density at radius 2 is 2.06 bits per heavy atom. The minimum Gasteiger partial charge on any atom is -0.327 e. The Morgan fingerprint density at radius 1 is 1.41 bits per heavy atom. The molecule has 1 atom stereocenters. The zero-order valence-corrected chi connectivity index (χ0v) is 11.0. The van der Waals surface area contributed by atoms with Gasteiger partial charge in [-0.05, 0) is 44.7 Å². The average Bonchev–Trinajstić information content (AvgIpc) is 2.95. The summed E-state index contributed by atoms with van der Waals surface area (Å²) in [6, 6.07) is 8.47. The molecule has 0 heterocycles. The molecule has 17 heavy (non-hydrogen) atoms. The van der Waals surface area contributed by atoms with Gasteiger partial charge in [0.05, 0.1) is 0 Å². The van der Waals surface area contributed by atoms with Crippen molar-refractivity contribution in [3.63, 3.8) is 0 Å². The van der Waals surface area contributed by atoms with Gasteiger partial charge in [0, 0.05) is 17.9 Å². The van der Waals surface area contributed by atoms with Crippen molar-refractivity contribution < 1.29 is 4.39 Å². The van der Waals surface area contributed by atoms with Gasteiger partial charge in [-0.3, -0.25) is 0 Å². The molecule has 2 N–H and O–H groups in total. The lowest BCUT2D eigenvalue weighted by molar-refractivity contribution is 0.217. The van der Waals surface area contributed by atoms with E-state index in [4.69, 9.17) is 5.73 Å². The van der Waals surface area contributed by atoms with Crippen molar-refractivity contribution in [2.75, 3.05) is 0 Å². The molecule has 0 bridgehead atoms. The van der Waals surface area contributed by atoms with Gasteiger partial charge in [0.1, 0.15) is 5.67 Å². The van der Waals surface area contributed by atoms with Crippen LogP contribution >= 0.6 is 0 Å². The highest BCUT2D eigenvalue weighted by molar-refractivity contribution is 5.36. The summed E-state index contributed by atoms with van der Waals surface area (Å²) in [5.74, 6) is 0. The van der Waals surface area contributed by atoms with Crippen molar-refractivity contribution in [2.45, 2.75) is 57.2 Å². The SMILES string of the molecule is CC(N)C1(c2cccc(CC(C)(C)F)c2)CC1. The average molecular weight is 235 g/mol. The van der Waals surface area contributed by atoms with E-state index in [0.717, 1.165) is 18.4 Å². The number of nitrogens with two attached hydrogens (primary N) is 1. The topological polar surface area (TPSA) is 26.0 Å². The molecular weight excluding hydrogens is 213 g/mol. The third-order valence-electron chi connectivity index (χ3n) is 3.79. The molecular formula is C15H22FN. The summed E-state index contributed by atoms with van der Waals surface area (Å²) in [4.78, 5) is 0. The predicted molar refractivity (Wildman–Crippen MR) is 69.9 cm³/mol. The van der Waals surface area contributed by atoms with Gasteiger partial charge in [-0.25, -0.2) is 4.39 Å². The molecule has 0 spiro atoms. The summed E-state index contributed by atoms with van der Waals surface area (Å²) in [7, 11) is 0. The minimum atomic E-state index is -1.15. The standard InChI is InChI=1S/C15H22FN/c1-11(17)15(7-8-15)13-6-4-5-12(9-13)10-14(2,3)16/h4-6,9,11H,7-8,10,17H2,1-3H3. The van der Waals surface area contributed by atoms with Crippen LogP contribution in [0.2, 0.25) is 0 Å². The van der Waals surface area contributed by atoms with Crippen molar-refractivity contribution in [1.29, 1.82) is 0 Å². The highest BCUT2D eigenvalue weighted by Crippen LogP contribution is 2.50. The number of hydrogen-bond acceptors (Lipinski definition) is 1. The van der Waals surface area contributed by atoms with E-state index in [1.165, 1.54) is 5.56 Å². The van der Waals surface area contributed by atoms with Crippen molar-refractivity contribution >= 4 is 0 Å². The normalized spacial score (nSPS) is 20.1. The molecule has 0 amide bonds.